The van der Waals surface area contributed by atoms with Crippen molar-refractivity contribution in [1.82, 2.24) is 14.3 Å². The first-order valence-corrected chi connectivity index (χ1v) is 14.1. The summed E-state index contributed by atoms with van der Waals surface area (Å²) < 4.78 is 27.9. The summed E-state index contributed by atoms with van der Waals surface area (Å²) in [6.07, 6.45) is 2.81. The Morgan fingerprint density at radius 3 is 2.46 bits per heavy atom. The zero-order chi connectivity index (χ0) is 24.4. The Bertz CT molecular complexity index is 1440. The van der Waals surface area contributed by atoms with Crippen molar-refractivity contribution in [3.05, 3.63) is 72.8 Å². The van der Waals surface area contributed by atoms with Crippen LogP contribution in [0.1, 0.15) is 12.8 Å². The maximum absolute atomic E-state index is 13.2. The van der Waals surface area contributed by atoms with Gasteiger partial charge in [0.15, 0.2) is 0 Å². The van der Waals surface area contributed by atoms with Crippen LogP contribution in [0.25, 0.3) is 22.4 Å². The van der Waals surface area contributed by atoms with Gasteiger partial charge in [0.1, 0.15) is 5.82 Å². The third kappa shape index (κ3) is 4.71. The summed E-state index contributed by atoms with van der Waals surface area (Å²) in [6.45, 7) is 0.628. The molecule has 35 heavy (non-hydrogen) atoms. The minimum absolute atomic E-state index is 0.102. The second-order valence-corrected chi connectivity index (χ2v) is 11.2. The Morgan fingerprint density at radius 1 is 1.00 bits per heavy atom. The molecule has 1 aromatic heterocycles. The van der Waals surface area contributed by atoms with E-state index in [2.05, 4.69) is 15.3 Å². The number of H-pyrrole nitrogens is 1. The van der Waals surface area contributed by atoms with E-state index in [1.165, 1.54) is 16.1 Å². The zero-order valence-corrected chi connectivity index (χ0v) is 20.9. The number of piperidine rings is 1. The molecule has 2 heterocycles. The predicted octanol–water partition coefficient (Wildman–Crippen LogP) is 4.99. The Morgan fingerprint density at radius 2 is 1.69 bits per heavy atom. The number of hydrogen-bond acceptors (Lipinski definition) is 5. The maximum Gasteiger partial charge on any atom is 0.244 e. The molecule has 0 saturated carbocycles. The van der Waals surface area contributed by atoms with E-state index in [0.717, 1.165) is 21.5 Å². The van der Waals surface area contributed by atoms with Crippen LogP contribution in [0, 0.1) is 5.92 Å². The van der Waals surface area contributed by atoms with Crippen LogP contribution < -0.4 is 5.32 Å². The van der Waals surface area contributed by atoms with Crippen molar-refractivity contribution < 1.29 is 13.2 Å². The summed E-state index contributed by atoms with van der Waals surface area (Å²) in [5.41, 5.74) is 3.28. The van der Waals surface area contributed by atoms with Gasteiger partial charge in [-0.25, -0.2) is 13.4 Å². The van der Waals surface area contributed by atoms with Crippen molar-refractivity contribution >= 4 is 44.4 Å². The first-order valence-electron chi connectivity index (χ1n) is 11.5. The standard InChI is InChI=1S/C26H26N4O3S2/c1-34-23-12-6-7-13-24(23)35(32,33)30-16-14-18(15-17-30)26(31)29-20-9-3-2-8-19(20)25-27-21-10-4-5-11-22(21)28-25/h2-13,18H,14-17H2,1H3,(H,27,28)(H,29,31). The molecule has 0 bridgehead atoms. The van der Waals surface area contributed by atoms with Gasteiger partial charge < -0.3 is 10.3 Å². The van der Waals surface area contributed by atoms with Crippen LogP contribution >= 0.6 is 11.8 Å². The SMILES string of the molecule is CSc1ccccc1S(=O)(=O)N1CCC(C(=O)Nc2ccccc2-c2nc3ccccc3[nH]2)CC1. The highest BCUT2D eigenvalue weighted by Crippen LogP contribution is 2.32. The molecular weight excluding hydrogens is 480 g/mol. The zero-order valence-electron chi connectivity index (χ0n) is 19.3. The summed E-state index contributed by atoms with van der Waals surface area (Å²) >= 11 is 1.42. The van der Waals surface area contributed by atoms with E-state index < -0.39 is 10.0 Å². The molecular formula is C26H26N4O3S2. The lowest BCUT2D eigenvalue weighted by Crippen LogP contribution is -2.41. The number of benzene rings is 3. The lowest BCUT2D eigenvalue weighted by Gasteiger charge is -2.31. The minimum Gasteiger partial charge on any atom is -0.338 e. The number of aromatic nitrogens is 2. The van der Waals surface area contributed by atoms with Gasteiger partial charge in [0.25, 0.3) is 0 Å². The van der Waals surface area contributed by atoms with Crippen LogP contribution in [-0.2, 0) is 14.8 Å². The average molecular weight is 507 g/mol. The molecule has 0 radical (unpaired) electrons. The summed E-state index contributed by atoms with van der Waals surface area (Å²) in [5.74, 6) is 0.326. The van der Waals surface area contributed by atoms with Gasteiger partial charge in [-0.2, -0.15) is 4.31 Å². The van der Waals surface area contributed by atoms with Gasteiger partial charge in [0.05, 0.1) is 21.6 Å². The first kappa shape index (κ1) is 23.6. The molecule has 1 saturated heterocycles. The number of aromatic amines is 1. The summed E-state index contributed by atoms with van der Waals surface area (Å²) in [6, 6.07) is 22.4. The molecule has 9 heteroatoms. The van der Waals surface area contributed by atoms with Crippen LogP contribution in [0.4, 0.5) is 5.69 Å². The van der Waals surface area contributed by atoms with Crippen molar-refractivity contribution in [3.8, 4) is 11.4 Å². The Kier molecular flexibility index (Phi) is 6.64. The van der Waals surface area contributed by atoms with E-state index in [9.17, 15) is 13.2 Å². The molecule has 0 aliphatic carbocycles. The van der Waals surface area contributed by atoms with Crippen molar-refractivity contribution in [2.24, 2.45) is 5.92 Å². The highest BCUT2D eigenvalue weighted by Gasteiger charge is 2.33. The molecule has 0 atom stereocenters. The number of amides is 1. The number of thioether (sulfide) groups is 1. The number of imidazole rings is 1. The van der Waals surface area contributed by atoms with Gasteiger partial charge in [-0.05, 0) is 55.5 Å². The van der Waals surface area contributed by atoms with Gasteiger partial charge >= 0.3 is 0 Å². The number of nitrogens with zero attached hydrogens (tertiary/aromatic N) is 2. The second-order valence-electron chi connectivity index (χ2n) is 8.47. The number of sulfonamides is 1. The molecule has 3 aromatic carbocycles. The van der Waals surface area contributed by atoms with Crippen LogP contribution in [-0.4, -0.2) is 47.9 Å². The lowest BCUT2D eigenvalue weighted by atomic mass is 9.97. The molecule has 5 rings (SSSR count). The number of hydrogen-bond donors (Lipinski definition) is 2. The fourth-order valence-electron chi connectivity index (χ4n) is 4.44. The van der Waals surface area contributed by atoms with Gasteiger partial charge in [0, 0.05) is 29.5 Å². The molecule has 0 spiro atoms. The number of carbonyl (C=O) groups excluding carboxylic acids is 1. The van der Waals surface area contributed by atoms with E-state index in [0.29, 0.717) is 42.3 Å². The number of rotatable bonds is 6. The summed E-state index contributed by atoms with van der Waals surface area (Å²) in [5, 5.41) is 3.06. The van der Waals surface area contributed by atoms with Crippen LogP contribution in [0.2, 0.25) is 0 Å². The molecule has 2 N–H and O–H groups in total. The number of para-hydroxylation sites is 3. The van der Waals surface area contributed by atoms with Crippen LogP contribution in [0.3, 0.4) is 0 Å². The molecule has 180 valence electrons. The van der Waals surface area contributed by atoms with Crippen molar-refractivity contribution in [3.63, 3.8) is 0 Å². The highest BCUT2D eigenvalue weighted by molar-refractivity contribution is 7.99. The molecule has 1 aliphatic heterocycles. The van der Waals surface area contributed by atoms with Gasteiger partial charge in [-0.3, -0.25) is 4.79 Å². The van der Waals surface area contributed by atoms with E-state index in [4.69, 9.17) is 0 Å². The Labute approximate surface area is 209 Å². The molecule has 4 aromatic rings. The molecule has 1 amide bonds. The number of nitrogens with one attached hydrogen (secondary N) is 2. The van der Waals surface area contributed by atoms with E-state index in [1.54, 1.807) is 12.1 Å². The second kappa shape index (κ2) is 9.85. The number of anilines is 1. The Balaban J connectivity index is 1.29. The summed E-state index contributed by atoms with van der Waals surface area (Å²) in [4.78, 5) is 22.2. The molecule has 1 aliphatic rings. The van der Waals surface area contributed by atoms with Crippen molar-refractivity contribution in [1.29, 1.82) is 0 Å². The fourth-order valence-corrected chi connectivity index (χ4v) is 7.04. The fraction of sp³-hybridized carbons (Fsp3) is 0.231. The third-order valence-electron chi connectivity index (χ3n) is 6.34. The highest BCUT2D eigenvalue weighted by atomic mass is 32.2. The van der Waals surface area contributed by atoms with E-state index >= 15 is 0 Å². The number of carbonyl (C=O) groups is 1. The molecule has 1 fully saturated rings. The van der Waals surface area contributed by atoms with Gasteiger partial charge in [-0.1, -0.05) is 36.4 Å². The average Bonchev–Trinajstić information content (AvgIpc) is 3.33. The van der Waals surface area contributed by atoms with Crippen molar-refractivity contribution in [2.45, 2.75) is 22.6 Å². The van der Waals surface area contributed by atoms with Crippen molar-refractivity contribution in [2.75, 3.05) is 24.7 Å². The molecule has 7 nitrogen and oxygen atoms in total. The Hall–Kier alpha value is -3.14. The first-order chi connectivity index (χ1) is 17.0. The van der Waals surface area contributed by atoms with Crippen LogP contribution in [0.15, 0.2) is 82.6 Å². The van der Waals surface area contributed by atoms with E-state index in [-0.39, 0.29) is 11.8 Å². The largest absolute Gasteiger partial charge is 0.338 e. The van der Waals surface area contributed by atoms with E-state index in [1.807, 2.05) is 66.9 Å². The minimum atomic E-state index is -3.60. The normalized spacial score (nSPS) is 15.3. The predicted molar refractivity (Wildman–Crippen MR) is 140 cm³/mol. The topological polar surface area (TPSA) is 95.2 Å². The van der Waals surface area contributed by atoms with Gasteiger partial charge in [0.2, 0.25) is 15.9 Å². The smallest absolute Gasteiger partial charge is 0.244 e. The lowest BCUT2D eigenvalue weighted by molar-refractivity contribution is -0.120. The van der Waals surface area contributed by atoms with Gasteiger partial charge in [-0.15, -0.1) is 11.8 Å². The maximum atomic E-state index is 13.2. The quantitative estimate of drug-likeness (QED) is 0.359. The van der Waals surface area contributed by atoms with Crippen LogP contribution in [0.5, 0.6) is 0 Å². The number of fused-ring (bicyclic) bond motifs is 1. The summed E-state index contributed by atoms with van der Waals surface area (Å²) in [7, 11) is -3.60. The third-order valence-corrected chi connectivity index (χ3v) is 9.22. The monoisotopic (exact) mass is 506 g/mol. The molecule has 0 unspecified atom stereocenters.